The van der Waals surface area contributed by atoms with Crippen LogP contribution in [0.1, 0.15) is 19.4 Å². The largest absolute Gasteiger partial charge is 0.508 e. The summed E-state index contributed by atoms with van der Waals surface area (Å²) in [5.74, 6) is 0.0798. The highest BCUT2D eigenvalue weighted by molar-refractivity contribution is 5.81. The Morgan fingerprint density at radius 1 is 1.30 bits per heavy atom. The molecule has 1 rings (SSSR count). The Kier molecular flexibility index (Phi) is 7.04. The number of nitrogens with two attached hydrogens (primary N) is 1. The molecule has 0 heterocycles. The normalized spacial score (nSPS) is 12.4. The van der Waals surface area contributed by atoms with Gasteiger partial charge in [0, 0.05) is 13.1 Å². The van der Waals surface area contributed by atoms with Crippen molar-refractivity contribution in [1.82, 2.24) is 10.2 Å². The van der Waals surface area contributed by atoms with Crippen molar-refractivity contribution in [2.45, 2.75) is 26.3 Å². The number of benzene rings is 1. The van der Waals surface area contributed by atoms with E-state index in [4.69, 9.17) is 5.73 Å². The number of amides is 1. The first-order valence-corrected chi connectivity index (χ1v) is 7.10. The molecule has 4 N–H and O–H groups in total. The molecule has 112 valence electrons. The summed E-state index contributed by atoms with van der Waals surface area (Å²) in [6.45, 7) is 7.61. The lowest BCUT2D eigenvalue weighted by molar-refractivity contribution is -0.122. The average molecular weight is 279 g/mol. The third-order valence-corrected chi connectivity index (χ3v) is 3.35. The molecule has 0 aliphatic rings. The number of carbonyl (C=O) groups is 1. The van der Waals surface area contributed by atoms with Crippen LogP contribution in [0.4, 0.5) is 0 Å². The Bertz CT molecular complexity index is 402. The maximum absolute atomic E-state index is 11.9. The summed E-state index contributed by atoms with van der Waals surface area (Å²) in [7, 11) is 0. The SMILES string of the molecule is CCN(CC)CCNC(=O)[C@H](N)Cc1ccc(O)cc1. The average Bonchev–Trinajstić information content (AvgIpc) is 2.45. The lowest BCUT2D eigenvalue weighted by Gasteiger charge is -2.19. The van der Waals surface area contributed by atoms with E-state index in [-0.39, 0.29) is 11.7 Å². The van der Waals surface area contributed by atoms with Crippen LogP contribution in [0.5, 0.6) is 5.75 Å². The monoisotopic (exact) mass is 279 g/mol. The third kappa shape index (κ3) is 5.59. The molecule has 0 radical (unpaired) electrons. The molecule has 0 aliphatic carbocycles. The Hall–Kier alpha value is -1.59. The van der Waals surface area contributed by atoms with Crippen molar-refractivity contribution in [3.63, 3.8) is 0 Å². The minimum Gasteiger partial charge on any atom is -0.508 e. The van der Waals surface area contributed by atoms with Gasteiger partial charge in [-0.15, -0.1) is 0 Å². The highest BCUT2D eigenvalue weighted by Crippen LogP contribution is 2.10. The van der Waals surface area contributed by atoms with Gasteiger partial charge in [-0.3, -0.25) is 4.79 Å². The summed E-state index contributed by atoms with van der Waals surface area (Å²) >= 11 is 0. The minimum atomic E-state index is -0.559. The Balaban J connectivity index is 2.33. The number of hydrogen-bond donors (Lipinski definition) is 3. The second kappa shape index (κ2) is 8.55. The fraction of sp³-hybridized carbons (Fsp3) is 0.533. The highest BCUT2D eigenvalue weighted by Gasteiger charge is 2.13. The van der Waals surface area contributed by atoms with Crippen LogP contribution in [-0.2, 0) is 11.2 Å². The van der Waals surface area contributed by atoms with Gasteiger partial charge in [-0.1, -0.05) is 26.0 Å². The number of likely N-dealkylation sites (N-methyl/N-ethyl adjacent to an activating group) is 1. The van der Waals surface area contributed by atoms with E-state index in [0.717, 1.165) is 25.2 Å². The lowest BCUT2D eigenvalue weighted by atomic mass is 10.1. The zero-order chi connectivity index (χ0) is 15.0. The maximum atomic E-state index is 11.9. The summed E-state index contributed by atoms with van der Waals surface area (Å²) in [5, 5.41) is 12.1. The molecule has 1 amide bonds. The Morgan fingerprint density at radius 3 is 2.45 bits per heavy atom. The van der Waals surface area contributed by atoms with E-state index < -0.39 is 6.04 Å². The van der Waals surface area contributed by atoms with Crippen LogP contribution >= 0.6 is 0 Å². The molecule has 0 spiro atoms. The molecule has 5 nitrogen and oxygen atoms in total. The van der Waals surface area contributed by atoms with E-state index in [1.165, 1.54) is 0 Å². The second-order valence-corrected chi connectivity index (χ2v) is 4.79. The number of carbonyl (C=O) groups excluding carboxylic acids is 1. The zero-order valence-electron chi connectivity index (χ0n) is 12.3. The second-order valence-electron chi connectivity index (χ2n) is 4.79. The first-order chi connectivity index (χ1) is 9.56. The topological polar surface area (TPSA) is 78.6 Å². The van der Waals surface area contributed by atoms with E-state index in [0.29, 0.717) is 13.0 Å². The molecule has 0 fully saturated rings. The van der Waals surface area contributed by atoms with Gasteiger partial charge < -0.3 is 21.1 Å². The van der Waals surface area contributed by atoms with Crippen molar-refractivity contribution in [3.05, 3.63) is 29.8 Å². The van der Waals surface area contributed by atoms with E-state index in [2.05, 4.69) is 24.1 Å². The molecular weight excluding hydrogens is 254 g/mol. The predicted molar refractivity (Wildman–Crippen MR) is 80.6 cm³/mol. The van der Waals surface area contributed by atoms with Gasteiger partial charge in [-0.25, -0.2) is 0 Å². The third-order valence-electron chi connectivity index (χ3n) is 3.35. The highest BCUT2D eigenvalue weighted by atomic mass is 16.3. The number of phenolic OH excluding ortho intramolecular Hbond substituents is 1. The number of rotatable bonds is 8. The molecule has 1 aromatic rings. The van der Waals surface area contributed by atoms with Crippen LogP contribution < -0.4 is 11.1 Å². The Morgan fingerprint density at radius 2 is 1.90 bits per heavy atom. The first-order valence-electron chi connectivity index (χ1n) is 7.10. The van der Waals surface area contributed by atoms with Crippen LogP contribution in [0, 0.1) is 0 Å². The molecule has 0 aliphatic heterocycles. The number of nitrogens with zero attached hydrogens (tertiary/aromatic N) is 1. The first kappa shape index (κ1) is 16.5. The van der Waals surface area contributed by atoms with E-state index >= 15 is 0 Å². The number of nitrogens with one attached hydrogen (secondary N) is 1. The van der Waals surface area contributed by atoms with Crippen LogP contribution in [0.25, 0.3) is 0 Å². The van der Waals surface area contributed by atoms with E-state index in [9.17, 15) is 9.90 Å². The standard InChI is InChI=1S/C15H25N3O2/c1-3-18(4-2)10-9-17-15(20)14(16)11-12-5-7-13(19)8-6-12/h5-8,14,19H,3-4,9-11,16H2,1-2H3,(H,17,20)/t14-/m1/s1. The summed E-state index contributed by atoms with van der Waals surface area (Å²) in [6, 6.07) is 6.19. The molecule has 0 bridgehead atoms. The zero-order valence-corrected chi connectivity index (χ0v) is 12.3. The van der Waals surface area contributed by atoms with Crippen LogP contribution in [0.3, 0.4) is 0 Å². The van der Waals surface area contributed by atoms with Gasteiger partial charge >= 0.3 is 0 Å². The van der Waals surface area contributed by atoms with Crippen molar-refractivity contribution in [1.29, 1.82) is 0 Å². The summed E-state index contributed by atoms with van der Waals surface area (Å²) in [5.41, 5.74) is 6.82. The van der Waals surface area contributed by atoms with Gasteiger partial charge in [0.25, 0.3) is 0 Å². The van der Waals surface area contributed by atoms with Gasteiger partial charge in [0.1, 0.15) is 5.75 Å². The summed E-state index contributed by atoms with van der Waals surface area (Å²) < 4.78 is 0. The smallest absolute Gasteiger partial charge is 0.237 e. The molecular formula is C15H25N3O2. The minimum absolute atomic E-state index is 0.134. The van der Waals surface area contributed by atoms with Crippen LogP contribution in [0.2, 0.25) is 0 Å². The summed E-state index contributed by atoms with van der Waals surface area (Å²) in [6.07, 6.45) is 0.470. The number of hydrogen-bond acceptors (Lipinski definition) is 4. The fourth-order valence-corrected chi connectivity index (χ4v) is 1.99. The molecule has 20 heavy (non-hydrogen) atoms. The van der Waals surface area contributed by atoms with Gasteiger partial charge in [-0.2, -0.15) is 0 Å². The molecule has 1 aromatic carbocycles. The van der Waals surface area contributed by atoms with Crippen molar-refractivity contribution in [3.8, 4) is 5.75 Å². The molecule has 0 saturated heterocycles. The van der Waals surface area contributed by atoms with Gasteiger partial charge in [0.2, 0.25) is 5.91 Å². The van der Waals surface area contributed by atoms with Crippen LogP contribution in [0.15, 0.2) is 24.3 Å². The van der Waals surface area contributed by atoms with E-state index in [1.54, 1.807) is 24.3 Å². The predicted octanol–water partition coefficient (Wildman–Crippen LogP) is 0.720. The van der Waals surface area contributed by atoms with E-state index in [1.807, 2.05) is 0 Å². The fourth-order valence-electron chi connectivity index (χ4n) is 1.99. The van der Waals surface area contributed by atoms with Gasteiger partial charge in [-0.05, 0) is 37.2 Å². The Labute approximate surface area is 120 Å². The molecule has 0 unspecified atom stereocenters. The maximum Gasteiger partial charge on any atom is 0.237 e. The quantitative estimate of drug-likeness (QED) is 0.655. The molecule has 0 aromatic heterocycles. The van der Waals surface area contributed by atoms with Crippen molar-refractivity contribution in [2.24, 2.45) is 5.73 Å². The van der Waals surface area contributed by atoms with Crippen molar-refractivity contribution in [2.75, 3.05) is 26.2 Å². The lowest BCUT2D eigenvalue weighted by Crippen LogP contribution is -2.44. The van der Waals surface area contributed by atoms with Crippen LogP contribution in [-0.4, -0.2) is 48.1 Å². The van der Waals surface area contributed by atoms with Crippen molar-refractivity contribution >= 4 is 5.91 Å². The summed E-state index contributed by atoms with van der Waals surface area (Å²) in [4.78, 5) is 14.1. The van der Waals surface area contributed by atoms with Gasteiger partial charge in [0.05, 0.1) is 6.04 Å². The molecule has 5 heteroatoms. The molecule has 1 atom stereocenters. The molecule has 0 saturated carbocycles. The van der Waals surface area contributed by atoms with Crippen molar-refractivity contribution < 1.29 is 9.90 Å². The number of phenols is 1. The number of aromatic hydroxyl groups is 1. The van der Waals surface area contributed by atoms with Gasteiger partial charge in [0.15, 0.2) is 0 Å².